The summed E-state index contributed by atoms with van der Waals surface area (Å²) in [6.45, 7) is 7.76. The Morgan fingerprint density at radius 1 is 1.28 bits per heavy atom. The van der Waals surface area contributed by atoms with Crippen molar-refractivity contribution in [3.05, 3.63) is 45.8 Å². The van der Waals surface area contributed by atoms with Gasteiger partial charge in [0.25, 0.3) is 0 Å². The average molecular weight is 341 g/mol. The number of aromatic nitrogens is 2. The molecule has 1 aliphatic rings. The van der Waals surface area contributed by atoms with E-state index in [0.29, 0.717) is 11.7 Å². The van der Waals surface area contributed by atoms with E-state index < -0.39 is 4.92 Å². The lowest BCUT2D eigenvalue weighted by molar-refractivity contribution is -0.383. The van der Waals surface area contributed by atoms with E-state index in [4.69, 9.17) is 0 Å². The second-order valence-corrected chi connectivity index (χ2v) is 6.77. The molecule has 0 radical (unpaired) electrons. The molecular weight excluding hydrogens is 318 g/mol. The van der Waals surface area contributed by atoms with Crippen LogP contribution in [0.25, 0.3) is 0 Å². The van der Waals surface area contributed by atoms with Crippen LogP contribution >= 0.6 is 0 Å². The van der Waals surface area contributed by atoms with Crippen molar-refractivity contribution in [3.63, 3.8) is 0 Å². The largest absolute Gasteiger partial charge is 0.353 e. The minimum absolute atomic E-state index is 0.0603. The number of nitrogens with one attached hydrogen (secondary N) is 1. The number of hydrogen-bond donors (Lipinski definition) is 1. The first kappa shape index (κ1) is 17.1. The van der Waals surface area contributed by atoms with Crippen molar-refractivity contribution in [2.24, 2.45) is 5.92 Å². The van der Waals surface area contributed by atoms with Gasteiger partial charge in [0, 0.05) is 18.8 Å². The van der Waals surface area contributed by atoms with Gasteiger partial charge in [-0.25, -0.2) is 9.97 Å². The van der Waals surface area contributed by atoms with E-state index in [1.54, 1.807) is 0 Å². The summed E-state index contributed by atoms with van der Waals surface area (Å²) in [4.78, 5) is 21.7. The van der Waals surface area contributed by atoms with Crippen molar-refractivity contribution in [1.82, 2.24) is 9.97 Å². The molecule has 25 heavy (non-hydrogen) atoms. The fourth-order valence-corrected chi connectivity index (χ4v) is 3.20. The van der Waals surface area contributed by atoms with Crippen LogP contribution in [-0.2, 0) is 0 Å². The summed E-state index contributed by atoms with van der Waals surface area (Å²) in [7, 11) is 0. The normalized spacial score (nSPS) is 17.4. The highest BCUT2D eigenvalue weighted by Crippen LogP contribution is 2.35. The van der Waals surface area contributed by atoms with E-state index >= 15 is 0 Å². The number of nitro groups is 1. The van der Waals surface area contributed by atoms with Gasteiger partial charge in [0.05, 0.1) is 4.92 Å². The number of anilines is 3. The predicted octanol–water partition coefficient (Wildman–Crippen LogP) is 3.98. The second kappa shape index (κ2) is 7.04. The molecule has 0 saturated carbocycles. The Labute approximate surface area is 147 Å². The van der Waals surface area contributed by atoms with E-state index in [1.807, 2.05) is 36.9 Å². The molecule has 1 aromatic heterocycles. The molecule has 0 amide bonds. The van der Waals surface area contributed by atoms with Crippen molar-refractivity contribution in [1.29, 1.82) is 0 Å². The van der Waals surface area contributed by atoms with Crippen molar-refractivity contribution in [3.8, 4) is 0 Å². The van der Waals surface area contributed by atoms with Gasteiger partial charge in [-0.3, -0.25) is 10.1 Å². The van der Waals surface area contributed by atoms with Gasteiger partial charge >= 0.3 is 5.69 Å². The Morgan fingerprint density at radius 3 is 2.76 bits per heavy atom. The summed E-state index contributed by atoms with van der Waals surface area (Å²) >= 11 is 0. The fraction of sp³-hybridized carbons (Fsp3) is 0.444. The molecule has 1 fully saturated rings. The van der Waals surface area contributed by atoms with Crippen molar-refractivity contribution < 1.29 is 4.92 Å². The lowest BCUT2D eigenvalue weighted by atomic mass is 10.0. The maximum atomic E-state index is 11.7. The standard InChI is InChI=1S/C18H23N5O2/c1-12-5-4-8-22(10-12)18-16(23(24)25)17(19-11-20-18)21-15-7-6-13(2)14(3)9-15/h6-7,9,11-12H,4-5,8,10H2,1-3H3,(H,19,20,21). The summed E-state index contributed by atoms with van der Waals surface area (Å²) in [6, 6.07) is 5.85. The Balaban J connectivity index is 1.97. The highest BCUT2D eigenvalue weighted by Gasteiger charge is 2.29. The Hall–Kier alpha value is -2.70. The van der Waals surface area contributed by atoms with Crippen LogP contribution in [0.1, 0.15) is 30.9 Å². The Kier molecular flexibility index (Phi) is 4.83. The molecule has 2 aromatic rings. The number of nitrogens with zero attached hydrogens (tertiary/aromatic N) is 4. The van der Waals surface area contributed by atoms with E-state index in [1.165, 1.54) is 11.9 Å². The molecule has 1 aliphatic heterocycles. The van der Waals surface area contributed by atoms with Gasteiger partial charge in [-0.2, -0.15) is 0 Å². The smallest absolute Gasteiger partial charge is 0.350 e. The molecule has 0 spiro atoms. The van der Waals surface area contributed by atoms with Crippen LogP contribution < -0.4 is 10.2 Å². The summed E-state index contributed by atoms with van der Waals surface area (Å²) in [6.07, 6.45) is 3.55. The molecule has 2 heterocycles. The first-order valence-electron chi connectivity index (χ1n) is 8.54. The number of aryl methyl sites for hydroxylation is 2. The molecule has 1 aromatic carbocycles. The molecular formula is C18H23N5O2. The third-order valence-corrected chi connectivity index (χ3v) is 4.71. The van der Waals surface area contributed by atoms with E-state index in [-0.39, 0.29) is 11.5 Å². The molecule has 1 atom stereocenters. The predicted molar refractivity (Wildman–Crippen MR) is 98.5 cm³/mol. The van der Waals surface area contributed by atoms with Gasteiger partial charge < -0.3 is 10.2 Å². The van der Waals surface area contributed by atoms with Crippen LogP contribution in [0, 0.1) is 29.9 Å². The summed E-state index contributed by atoms with van der Waals surface area (Å²) in [5.74, 6) is 1.13. The van der Waals surface area contributed by atoms with Crippen molar-refractivity contribution in [2.75, 3.05) is 23.3 Å². The molecule has 7 nitrogen and oxygen atoms in total. The van der Waals surface area contributed by atoms with Gasteiger partial charge in [-0.15, -0.1) is 0 Å². The molecule has 132 valence electrons. The van der Waals surface area contributed by atoms with E-state index in [9.17, 15) is 10.1 Å². The lowest BCUT2D eigenvalue weighted by Crippen LogP contribution is -2.35. The van der Waals surface area contributed by atoms with Crippen LogP contribution in [0.2, 0.25) is 0 Å². The van der Waals surface area contributed by atoms with E-state index in [2.05, 4.69) is 22.2 Å². The minimum Gasteiger partial charge on any atom is -0.350 e. The zero-order chi connectivity index (χ0) is 18.0. The summed E-state index contributed by atoms with van der Waals surface area (Å²) in [5.41, 5.74) is 3.01. The Bertz CT molecular complexity index is 793. The third kappa shape index (κ3) is 3.70. The van der Waals surface area contributed by atoms with Crippen LogP contribution in [0.3, 0.4) is 0 Å². The Morgan fingerprint density at radius 2 is 2.08 bits per heavy atom. The van der Waals surface area contributed by atoms with Crippen molar-refractivity contribution in [2.45, 2.75) is 33.6 Å². The van der Waals surface area contributed by atoms with Crippen LogP contribution in [0.4, 0.5) is 23.0 Å². The topological polar surface area (TPSA) is 84.2 Å². The maximum absolute atomic E-state index is 11.7. The molecule has 1 N–H and O–H groups in total. The zero-order valence-electron chi connectivity index (χ0n) is 14.8. The first-order valence-corrected chi connectivity index (χ1v) is 8.54. The van der Waals surface area contributed by atoms with Gasteiger partial charge in [0.1, 0.15) is 6.33 Å². The number of rotatable bonds is 4. The molecule has 3 rings (SSSR count). The molecule has 1 saturated heterocycles. The molecule has 0 bridgehead atoms. The van der Waals surface area contributed by atoms with E-state index in [0.717, 1.165) is 37.2 Å². The highest BCUT2D eigenvalue weighted by molar-refractivity contribution is 5.74. The van der Waals surface area contributed by atoms with Gasteiger partial charge in [-0.1, -0.05) is 13.0 Å². The highest BCUT2D eigenvalue weighted by atomic mass is 16.6. The SMILES string of the molecule is Cc1ccc(Nc2ncnc(N3CCCC(C)C3)c2[N+](=O)[O-])cc1C. The van der Waals surface area contributed by atoms with Gasteiger partial charge in [0.15, 0.2) is 0 Å². The monoisotopic (exact) mass is 341 g/mol. The van der Waals surface area contributed by atoms with Gasteiger partial charge in [0.2, 0.25) is 11.6 Å². The van der Waals surface area contributed by atoms with Crippen molar-refractivity contribution >= 4 is 23.0 Å². The summed E-state index contributed by atoms with van der Waals surface area (Å²) in [5, 5.41) is 14.8. The zero-order valence-corrected chi connectivity index (χ0v) is 14.8. The second-order valence-electron chi connectivity index (χ2n) is 6.77. The first-order chi connectivity index (χ1) is 12.0. The lowest BCUT2D eigenvalue weighted by Gasteiger charge is -2.31. The van der Waals surface area contributed by atoms with Crippen LogP contribution in [-0.4, -0.2) is 28.0 Å². The minimum atomic E-state index is -0.391. The third-order valence-electron chi connectivity index (χ3n) is 4.71. The number of piperidine rings is 1. The number of benzene rings is 1. The fourth-order valence-electron chi connectivity index (χ4n) is 3.20. The molecule has 0 aliphatic carbocycles. The maximum Gasteiger partial charge on any atom is 0.353 e. The average Bonchev–Trinajstić information content (AvgIpc) is 2.58. The quantitative estimate of drug-likeness (QED) is 0.669. The number of hydrogen-bond acceptors (Lipinski definition) is 6. The summed E-state index contributed by atoms with van der Waals surface area (Å²) < 4.78 is 0. The van der Waals surface area contributed by atoms with Gasteiger partial charge in [-0.05, 0) is 55.9 Å². The van der Waals surface area contributed by atoms with Crippen LogP contribution in [0.15, 0.2) is 24.5 Å². The molecule has 7 heteroatoms. The molecule has 1 unspecified atom stereocenters. The van der Waals surface area contributed by atoms with Crippen LogP contribution in [0.5, 0.6) is 0 Å².